The fourth-order valence-electron chi connectivity index (χ4n) is 2.17. The molecule has 0 fully saturated rings. The summed E-state index contributed by atoms with van der Waals surface area (Å²) in [6, 6.07) is 7.74. The third-order valence-electron chi connectivity index (χ3n) is 3.49. The van der Waals surface area contributed by atoms with Gasteiger partial charge >= 0.3 is 0 Å². The minimum absolute atomic E-state index is 0.104. The Labute approximate surface area is 128 Å². The van der Waals surface area contributed by atoms with E-state index in [0.717, 1.165) is 31.7 Å². The van der Waals surface area contributed by atoms with Gasteiger partial charge in [-0.1, -0.05) is 32.9 Å². The van der Waals surface area contributed by atoms with E-state index >= 15 is 0 Å². The van der Waals surface area contributed by atoms with Crippen molar-refractivity contribution >= 4 is 11.6 Å². The number of carbonyl (C=O) groups excluding carboxylic acids is 1. The van der Waals surface area contributed by atoms with E-state index in [2.05, 4.69) is 31.0 Å². The summed E-state index contributed by atoms with van der Waals surface area (Å²) in [7, 11) is 0. The summed E-state index contributed by atoms with van der Waals surface area (Å²) >= 11 is 0. The molecule has 1 unspecified atom stereocenters. The normalized spacial score (nSPS) is 12.7. The van der Waals surface area contributed by atoms with Gasteiger partial charge in [-0.25, -0.2) is 0 Å². The molecule has 1 atom stereocenters. The number of hydrogen-bond donors (Lipinski definition) is 2. The summed E-state index contributed by atoms with van der Waals surface area (Å²) in [5, 5.41) is 3.02. The average Bonchev–Trinajstić information content (AvgIpc) is 2.45. The Morgan fingerprint density at radius 1 is 1.24 bits per heavy atom. The first-order chi connectivity index (χ1) is 9.93. The zero-order valence-corrected chi connectivity index (χ0v) is 13.7. The van der Waals surface area contributed by atoms with Gasteiger partial charge in [-0.3, -0.25) is 9.69 Å². The third-order valence-corrected chi connectivity index (χ3v) is 3.49. The average molecular weight is 291 g/mol. The Kier molecular flexibility index (Phi) is 7.23. The van der Waals surface area contributed by atoms with Crippen LogP contribution in [0.4, 0.5) is 5.69 Å². The molecule has 0 bridgehead atoms. The molecule has 0 saturated heterocycles. The first-order valence-electron chi connectivity index (χ1n) is 7.80. The lowest BCUT2D eigenvalue weighted by atomic mass is 10.1. The Balaban J connectivity index is 2.66. The van der Waals surface area contributed by atoms with Crippen LogP contribution in [0.1, 0.15) is 39.7 Å². The molecule has 0 saturated carbocycles. The molecule has 0 radical (unpaired) electrons. The Morgan fingerprint density at radius 2 is 1.86 bits per heavy atom. The molecular formula is C17H29N3O. The van der Waals surface area contributed by atoms with Crippen molar-refractivity contribution < 1.29 is 4.79 Å². The topological polar surface area (TPSA) is 58.4 Å². The van der Waals surface area contributed by atoms with Crippen LogP contribution in [0.3, 0.4) is 0 Å². The van der Waals surface area contributed by atoms with Crippen LogP contribution in [0.2, 0.25) is 0 Å². The molecule has 0 aliphatic heterocycles. The smallest absolute Gasteiger partial charge is 0.237 e. The van der Waals surface area contributed by atoms with Crippen LogP contribution in [-0.2, 0) is 11.3 Å². The van der Waals surface area contributed by atoms with Gasteiger partial charge in [0.05, 0.1) is 6.04 Å². The van der Waals surface area contributed by atoms with Gasteiger partial charge in [-0.15, -0.1) is 0 Å². The minimum atomic E-state index is -0.124. The highest BCUT2D eigenvalue weighted by Crippen LogP contribution is 2.12. The van der Waals surface area contributed by atoms with Gasteiger partial charge in [0.25, 0.3) is 0 Å². The Morgan fingerprint density at radius 3 is 2.38 bits per heavy atom. The van der Waals surface area contributed by atoms with Gasteiger partial charge in [-0.05, 0) is 43.5 Å². The van der Waals surface area contributed by atoms with E-state index < -0.39 is 0 Å². The van der Waals surface area contributed by atoms with Crippen molar-refractivity contribution in [2.75, 3.05) is 18.8 Å². The molecule has 4 nitrogen and oxygen atoms in total. The van der Waals surface area contributed by atoms with E-state index in [1.807, 2.05) is 31.2 Å². The highest BCUT2D eigenvalue weighted by atomic mass is 16.2. The van der Waals surface area contributed by atoms with Gasteiger partial charge in [0.2, 0.25) is 5.91 Å². The predicted octanol–water partition coefficient (Wildman–Crippen LogP) is 2.64. The maximum Gasteiger partial charge on any atom is 0.237 e. The van der Waals surface area contributed by atoms with E-state index in [1.54, 1.807) is 0 Å². The number of benzene rings is 1. The molecule has 0 aromatic heterocycles. The van der Waals surface area contributed by atoms with Crippen LogP contribution in [0, 0.1) is 5.92 Å². The van der Waals surface area contributed by atoms with Crippen molar-refractivity contribution in [2.45, 2.75) is 46.7 Å². The van der Waals surface area contributed by atoms with Crippen LogP contribution < -0.4 is 11.1 Å². The summed E-state index contributed by atoms with van der Waals surface area (Å²) in [6.07, 6.45) is 1.02. The van der Waals surface area contributed by atoms with Crippen LogP contribution in [0.25, 0.3) is 0 Å². The number of rotatable bonds is 8. The third kappa shape index (κ3) is 6.17. The van der Waals surface area contributed by atoms with Crippen molar-refractivity contribution in [3.05, 3.63) is 29.8 Å². The largest absolute Gasteiger partial charge is 0.399 e. The van der Waals surface area contributed by atoms with E-state index in [4.69, 9.17) is 5.73 Å². The summed E-state index contributed by atoms with van der Waals surface area (Å²) in [6.45, 7) is 10.7. The quantitative estimate of drug-likeness (QED) is 0.724. The van der Waals surface area contributed by atoms with Crippen LogP contribution >= 0.6 is 0 Å². The number of nitrogen functional groups attached to an aromatic ring is 1. The first-order valence-corrected chi connectivity index (χ1v) is 7.80. The highest BCUT2D eigenvalue weighted by molar-refractivity contribution is 5.81. The molecule has 1 aromatic rings. The molecule has 0 spiro atoms. The second-order valence-electron chi connectivity index (χ2n) is 6.03. The minimum Gasteiger partial charge on any atom is -0.399 e. The zero-order chi connectivity index (χ0) is 15.8. The maximum atomic E-state index is 12.2. The molecule has 1 amide bonds. The Hall–Kier alpha value is -1.55. The monoisotopic (exact) mass is 291 g/mol. The van der Waals surface area contributed by atoms with E-state index in [1.165, 1.54) is 5.56 Å². The number of nitrogens with one attached hydrogen (secondary N) is 1. The van der Waals surface area contributed by atoms with Crippen molar-refractivity contribution in [1.29, 1.82) is 0 Å². The molecule has 1 aromatic carbocycles. The summed E-state index contributed by atoms with van der Waals surface area (Å²) < 4.78 is 0. The maximum absolute atomic E-state index is 12.2. The van der Waals surface area contributed by atoms with E-state index in [0.29, 0.717) is 5.92 Å². The molecule has 0 aliphatic rings. The number of amides is 1. The van der Waals surface area contributed by atoms with Crippen LogP contribution in [0.5, 0.6) is 0 Å². The van der Waals surface area contributed by atoms with Gasteiger partial charge in [0.1, 0.15) is 0 Å². The van der Waals surface area contributed by atoms with Crippen molar-refractivity contribution in [1.82, 2.24) is 10.2 Å². The van der Waals surface area contributed by atoms with Crippen molar-refractivity contribution in [2.24, 2.45) is 5.92 Å². The van der Waals surface area contributed by atoms with Gasteiger partial charge in [0, 0.05) is 18.8 Å². The van der Waals surface area contributed by atoms with Crippen LogP contribution in [-0.4, -0.2) is 29.9 Å². The predicted molar refractivity (Wildman–Crippen MR) is 88.9 cm³/mol. The van der Waals surface area contributed by atoms with Crippen molar-refractivity contribution in [3.63, 3.8) is 0 Å². The van der Waals surface area contributed by atoms with Crippen molar-refractivity contribution in [3.8, 4) is 0 Å². The van der Waals surface area contributed by atoms with Gasteiger partial charge < -0.3 is 11.1 Å². The lowest BCUT2D eigenvalue weighted by molar-refractivity contribution is -0.126. The summed E-state index contributed by atoms with van der Waals surface area (Å²) in [4.78, 5) is 14.4. The molecule has 21 heavy (non-hydrogen) atoms. The second kappa shape index (κ2) is 8.67. The number of hydrogen-bond acceptors (Lipinski definition) is 3. The number of anilines is 1. The molecular weight excluding hydrogens is 262 g/mol. The van der Waals surface area contributed by atoms with E-state index in [-0.39, 0.29) is 11.9 Å². The molecule has 0 heterocycles. The summed E-state index contributed by atoms with van der Waals surface area (Å²) in [5.74, 6) is 0.575. The van der Waals surface area contributed by atoms with E-state index in [9.17, 15) is 4.79 Å². The van der Waals surface area contributed by atoms with Gasteiger partial charge in [-0.2, -0.15) is 0 Å². The number of nitrogens with zero attached hydrogens (tertiary/aromatic N) is 1. The SMILES string of the molecule is CCCN(Cc1ccc(N)cc1)C(C)C(=O)NCC(C)C. The molecule has 118 valence electrons. The fraction of sp³-hybridized carbons (Fsp3) is 0.588. The first kappa shape index (κ1) is 17.5. The number of nitrogens with two attached hydrogens (primary N) is 1. The lowest BCUT2D eigenvalue weighted by Gasteiger charge is -2.28. The number of carbonyl (C=O) groups is 1. The lowest BCUT2D eigenvalue weighted by Crippen LogP contribution is -2.45. The molecule has 1 rings (SSSR count). The molecule has 0 aliphatic carbocycles. The Bertz CT molecular complexity index is 428. The van der Waals surface area contributed by atoms with Crippen LogP contribution in [0.15, 0.2) is 24.3 Å². The zero-order valence-electron chi connectivity index (χ0n) is 13.7. The molecule has 3 N–H and O–H groups in total. The summed E-state index contributed by atoms with van der Waals surface area (Å²) in [5.41, 5.74) is 7.66. The standard InChI is InChI=1S/C17H29N3O/c1-5-10-20(12-15-6-8-16(18)9-7-15)14(4)17(21)19-11-13(2)3/h6-9,13-14H,5,10-12,18H2,1-4H3,(H,19,21). The highest BCUT2D eigenvalue weighted by Gasteiger charge is 2.20. The molecule has 4 heteroatoms. The van der Waals surface area contributed by atoms with Gasteiger partial charge in [0.15, 0.2) is 0 Å². The second-order valence-corrected chi connectivity index (χ2v) is 6.03. The fourth-order valence-corrected chi connectivity index (χ4v) is 2.17.